The molecule has 3 heteroatoms. The van der Waals surface area contributed by atoms with Crippen LogP contribution >= 0.6 is 0 Å². The molecule has 7 aromatic carbocycles. The normalized spacial score (nSPS) is 12.9. The van der Waals surface area contributed by atoms with Crippen molar-refractivity contribution in [3.05, 3.63) is 140 Å². The van der Waals surface area contributed by atoms with Gasteiger partial charge in [0.05, 0.1) is 44.1 Å². The lowest BCUT2D eigenvalue weighted by Gasteiger charge is -2.09. The lowest BCUT2D eigenvalue weighted by molar-refractivity contribution is 1.19. The molecule has 0 unspecified atom stereocenters. The van der Waals surface area contributed by atoms with E-state index in [1.54, 1.807) is 0 Å². The molecule has 0 radical (unpaired) electrons. The van der Waals surface area contributed by atoms with Crippen LogP contribution in [0, 0.1) is 0 Å². The maximum Gasteiger partial charge on any atom is 0.0642 e. The molecule has 5 aromatic heterocycles. The van der Waals surface area contributed by atoms with Crippen LogP contribution in [0.4, 0.5) is 0 Å². The van der Waals surface area contributed by atoms with E-state index < -0.39 is 0 Å². The molecule has 0 saturated carbocycles. The van der Waals surface area contributed by atoms with Crippen molar-refractivity contribution in [2.75, 3.05) is 0 Å². The summed E-state index contributed by atoms with van der Waals surface area (Å²) < 4.78 is 7.54. The molecule has 0 aliphatic heterocycles. The molecule has 5 heterocycles. The Labute approximate surface area is 256 Å². The van der Waals surface area contributed by atoms with Gasteiger partial charge in [0.1, 0.15) is 0 Å². The lowest BCUT2D eigenvalue weighted by atomic mass is 9.99. The highest BCUT2D eigenvalue weighted by atomic mass is 15.0. The third kappa shape index (κ3) is 2.43. The highest BCUT2D eigenvalue weighted by Crippen LogP contribution is 2.51. The summed E-state index contributed by atoms with van der Waals surface area (Å²) in [7, 11) is 0. The second-order valence-electron chi connectivity index (χ2n) is 12.5. The van der Waals surface area contributed by atoms with Gasteiger partial charge >= 0.3 is 0 Å². The standard InChI is InChI=1S/C42H23N3/c1-2-12-24(13-3-1)43-32-18-8-4-14-25(32)29-22-31-37-36(45-35-21-11-7-17-28(35)39(41(29)43)42(31)45)23-30-26-15-5-9-19-33(26)44-34-20-10-6-16-27(34)38(37)40(30)44/h1-23H. The van der Waals surface area contributed by atoms with E-state index in [1.165, 1.54) is 104 Å². The summed E-state index contributed by atoms with van der Waals surface area (Å²) in [4.78, 5) is 0. The van der Waals surface area contributed by atoms with Gasteiger partial charge in [0.2, 0.25) is 0 Å². The van der Waals surface area contributed by atoms with Gasteiger partial charge in [-0.25, -0.2) is 0 Å². The number of aromatic nitrogens is 3. The van der Waals surface area contributed by atoms with Crippen LogP contribution in [0.15, 0.2) is 140 Å². The number of nitrogens with zero attached hydrogens (tertiary/aromatic N) is 3. The van der Waals surface area contributed by atoms with Gasteiger partial charge in [0.25, 0.3) is 0 Å². The van der Waals surface area contributed by atoms with Crippen molar-refractivity contribution >= 4 is 98.0 Å². The van der Waals surface area contributed by atoms with E-state index in [1.807, 2.05) is 0 Å². The summed E-state index contributed by atoms with van der Waals surface area (Å²) in [6.45, 7) is 0. The van der Waals surface area contributed by atoms with E-state index in [0.717, 1.165) is 0 Å². The minimum absolute atomic E-state index is 1.19. The van der Waals surface area contributed by atoms with E-state index in [-0.39, 0.29) is 0 Å². The fourth-order valence-corrected chi connectivity index (χ4v) is 8.85. The van der Waals surface area contributed by atoms with Crippen LogP contribution in [-0.2, 0) is 0 Å². The van der Waals surface area contributed by atoms with Crippen molar-refractivity contribution in [3.63, 3.8) is 0 Å². The summed E-state index contributed by atoms with van der Waals surface area (Å²) in [6.07, 6.45) is 0. The number of fused-ring (bicyclic) bond motifs is 17. The monoisotopic (exact) mass is 569 g/mol. The fourth-order valence-electron chi connectivity index (χ4n) is 8.85. The molecule has 0 saturated heterocycles. The highest BCUT2D eigenvalue weighted by Gasteiger charge is 2.28. The van der Waals surface area contributed by atoms with Gasteiger partial charge in [-0.1, -0.05) is 91.0 Å². The zero-order valence-corrected chi connectivity index (χ0v) is 24.1. The van der Waals surface area contributed by atoms with E-state index in [9.17, 15) is 0 Å². The zero-order valence-electron chi connectivity index (χ0n) is 24.1. The first-order chi connectivity index (χ1) is 22.4. The third-order valence-corrected chi connectivity index (χ3v) is 10.4. The predicted octanol–water partition coefficient (Wildman–Crippen LogP) is 11.1. The average molecular weight is 570 g/mol. The summed E-state index contributed by atoms with van der Waals surface area (Å²) in [5.74, 6) is 0. The molecular formula is C42H23N3. The van der Waals surface area contributed by atoms with Crippen molar-refractivity contribution in [3.8, 4) is 5.69 Å². The summed E-state index contributed by atoms with van der Waals surface area (Å²) in [5.41, 5.74) is 11.4. The zero-order chi connectivity index (χ0) is 29.0. The predicted molar refractivity (Wildman–Crippen MR) is 190 cm³/mol. The fraction of sp³-hybridized carbons (Fsp3) is 0. The first-order valence-electron chi connectivity index (χ1n) is 15.6. The molecule has 0 aliphatic rings. The van der Waals surface area contributed by atoms with Gasteiger partial charge in [-0.3, -0.25) is 0 Å². The quantitative estimate of drug-likeness (QED) is 0.187. The van der Waals surface area contributed by atoms with Gasteiger partial charge in [-0.05, 0) is 48.5 Å². The molecule has 0 spiro atoms. The van der Waals surface area contributed by atoms with Gasteiger partial charge < -0.3 is 13.4 Å². The highest BCUT2D eigenvalue weighted by molar-refractivity contribution is 6.41. The molecule has 0 bridgehead atoms. The Kier molecular flexibility index (Phi) is 3.76. The second-order valence-corrected chi connectivity index (χ2v) is 12.5. The Morgan fingerprint density at radius 3 is 1.49 bits per heavy atom. The molecule has 12 aromatic rings. The summed E-state index contributed by atoms with van der Waals surface area (Å²) in [5, 5.41) is 13.2. The number of hydrogen-bond donors (Lipinski definition) is 0. The van der Waals surface area contributed by atoms with E-state index in [4.69, 9.17) is 0 Å². The molecule has 45 heavy (non-hydrogen) atoms. The Hall–Kier alpha value is -6.06. The van der Waals surface area contributed by atoms with Crippen LogP contribution in [0.5, 0.6) is 0 Å². The molecule has 0 amide bonds. The minimum Gasteiger partial charge on any atom is -0.309 e. The molecular weight excluding hydrogens is 546 g/mol. The maximum atomic E-state index is 2.56. The second kappa shape index (κ2) is 7.53. The molecule has 0 fully saturated rings. The Balaban J connectivity index is 1.46. The topological polar surface area (TPSA) is 13.8 Å². The van der Waals surface area contributed by atoms with E-state index >= 15 is 0 Å². The third-order valence-electron chi connectivity index (χ3n) is 10.4. The van der Waals surface area contributed by atoms with Crippen LogP contribution in [-0.4, -0.2) is 13.4 Å². The number of para-hydroxylation sites is 5. The van der Waals surface area contributed by atoms with Gasteiger partial charge in [-0.2, -0.15) is 0 Å². The Morgan fingerprint density at radius 1 is 0.289 bits per heavy atom. The summed E-state index contributed by atoms with van der Waals surface area (Å²) >= 11 is 0. The summed E-state index contributed by atoms with van der Waals surface area (Å²) in [6, 6.07) is 51.5. The van der Waals surface area contributed by atoms with Crippen molar-refractivity contribution in [2.45, 2.75) is 0 Å². The van der Waals surface area contributed by atoms with E-state index in [2.05, 4.69) is 153 Å². The maximum absolute atomic E-state index is 2.56. The van der Waals surface area contributed by atoms with Crippen LogP contribution in [0.2, 0.25) is 0 Å². The Morgan fingerprint density at radius 2 is 0.778 bits per heavy atom. The minimum atomic E-state index is 1.19. The number of benzene rings is 7. The first-order valence-corrected chi connectivity index (χ1v) is 15.6. The van der Waals surface area contributed by atoms with Gasteiger partial charge in [-0.15, -0.1) is 0 Å². The van der Waals surface area contributed by atoms with E-state index in [0.29, 0.717) is 0 Å². The number of hydrogen-bond acceptors (Lipinski definition) is 0. The molecule has 206 valence electrons. The molecule has 3 nitrogen and oxygen atoms in total. The van der Waals surface area contributed by atoms with Crippen LogP contribution in [0.1, 0.15) is 0 Å². The van der Waals surface area contributed by atoms with Crippen LogP contribution < -0.4 is 0 Å². The van der Waals surface area contributed by atoms with Gasteiger partial charge in [0.15, 0.2) is 0 Å². The lowest BCUT2D eigenvalue weighted by Crippen LogP contribution is -1.93. The first kappa shape index (κ1) is 22.5. The molecule has 0 aliphatic carbocycles. The molecule has 12 rings (SSSR count). The van der Waals surface area contributed by atoms with Crippen LogP contribution in [0.3, 0.4) is 0 Å². The van der Waals surface area contributed by atoms with Crippen molar-refractivity contribution in [1.29, 1.82) is 0 Å². The molecule has 0 atom stereocenters. The van der Waals surface area contributed by atoms with Gasteiger partial charge in [0, 0.05) is 59.5 Å². The van der Waals surface area contributed by atoms with Crippen molar-refractivity contribution in [1.82, 2.24) is 13.4 Å². The smallest absolute Gasteiger partial charge is 0.0642 e. The Bertz CT molecular complexity index is 3190. The van der Waals surface area contributed by atoms with Crippen molar-refractivity contribution < 1.29 is 0 Å². The largest absolute Gasteiger partial charge is 0.309 e. The molecule has 0 N–H and O–H groups in total. The van der Waals surface area contributed by atoms with Crippen molar-refractivity contribution in [2.24, 2.45) is 0 Å². The average Bonchev–Trinajstić information content (AvgIpc) is 3.88. The van der Waals surface area contributed by atoms with Crippen LogP contribution in [0.25, 0.3) is 104 Å². The number of rotatable bonds is 1. The SMILES string of the molecule is c1ccc(-n2c3ccccc3c3cc4c5c6c7ccccc7n7c8ccccc8c(cc5n5c8ccccc8c(c32)c45)c67)cc1.